The smallest absolute Gasteiger partial charge is 0.262 e. The predicted molar refractivity (Wildman–Crippen MR) is 84.4 cm³/mol. The highest BCUT2D eigenvalue weighted by atomic mass is 127. The fraction of sp³-hybridized carbons (Fsp3) is 0.0667. The quantitative estimate of drug-likeness (QED) is 0.807. The van der Waals surface area contributed by atoms with Gasteiger partial charge < -0.3 is 10.1 Å². The van der Waals surface area contributed by atoms with Crippen molar-refractivity contribution >= 4 is 34.2 Å². The van der Waals surface area contributed by atoms with E-state index in [1.807, 2.05) is 28.7 Å². The molecule has 0 radical (unpaired) electrons. The standard InChI is InChI=1S/C15H10FIN2O2/c16-11-3-6-14(13(17)7-11)19-15(20)9-21-12-4-1-10(8-18)2-5-12/h1-7H,9H2,(H,19,20). The van der Waals surface area contributed by atoms with Gasteiger partial charge in [0.1, 0.15) is 11.6 Å². The molecule has 0 bridgehead atoms. The van der Waals surface area contributed by atoms with Gasteiger partial charge in [0.25, 0.3) is 5.91 Å². The molecule has 106 valence electrons. The second-order valence-corrected chi connectivity index (χ2v) is 5.26. The molecule has 0 spiro atoms. The van der Waals surface area contributed by atoms with E-state index in [1.165, 1.54) is 18.2 Å². The fourth-order valence-electron chi connectivity index (χ4n) is 1.55. The second kappa shape index (κ2) is 7.04. The van der Waals surface area contributed by atoms with Crippen molar-refractivity contribution < 1.29 is 13.9 Å². The maximum absolute atomic E-state index is 13.0. The monoisotopic (exact) mass is 396 g/mol. The highest BCUT2D eigenvalue weighted by Gasteiger charge is 2.07. The number of nitriles is 1. The van der Waals surface area contributed by atoms with Crippen LogP contribution in [0.3, 0.4) is 0 Å². The van der Waals surface area contributed by atoms with E-state index in [9.17, 15) is 9.18 Å². The summed E-state index contributed by atoms with van der Waals surface area (Å²) in [7, 11) is 0. The van der Waals surface area contributed by atoms with E-state index in [-0.39, 0.29) is 18.3 Å². The van der Waals surface area contributed by atoms with Crippen LogP contribution in [-0.4, -0.2) is 12.5 Å². The molecule has 1 N–H and O–H groups in total. The largest absolute Gasteiger partial charge is 0.484 e. The number of anilines is 1. The van der Waals surface area contributed by atoms with Crippen molar-refractivity contribution in [2.24, 2.45) is 0 Å². The highest BCUT2D eigenvalue weighted by Crippen LogP contribution is 2.19. The van der Waals surface area contributed by atoms with E-state index < -0.39 is 0 Å². The molecule has 2 rings (SSSR count). The maximum Gasteiger partial charge on any atom is 0.262 e. The third-order valence-electron chi connectivity index (χ3n) is 2.56. The summed E-state index contributed by atoms with van der Waals surface area (Å²) in [6.45, 7) is -0.167. The Labute approximate surface area is 134 Å². The first-order chi connectivity index (χ1) is 10.1. The molecule has 0 unspecified atom stereocenters. The molecule has 1 amide bonds. The zero-order valence-corrected chi connectivity index (χ0v) is 12.9. The number of hydrogen-bond acceptors (Lipinski definition) is 3. The molecule has 21 heavy (non-hydrogen) atoms. The Morgan fingerprint density at radius 1 is 1.29 bits per heavy atom. The Hall–Kier alpha value is -2.14. The number of nitrogens with zero attached hydrogens (tertiary/aromatic N) is 1. The van der Waals surface area contributed by atoms with Crippen molar-refractivity contribution in [3.63, 3.8) is 0 Å². The first-order valence-electron chi connectivity index (χ1n) is 5.96. The Kier molecular flexibility index (Phi) is 5.11. The van der Waals surface area contributed by atoms with Gasteiger partial charge in [0, 0.05) is 3.57 Å². The van der Waals surface area contributed by atoms with Gasteiger partial charge in [-0.25, -0.2) is 4.39 Å². The Balaban J connectivity index is 1.91. The van der Waals surface area contributed by atoms with E-state index in [1.54, 1.807) is 24.3 Å². The van der Waals surface area contributed by atoms with Crippen LogP contribution in [0.5, 0.6) is 5.75 Å². The summed E-state index contributed by atoms with van der Waals surface area (Å²) in [6, 6.07) is 12.6. The van der Waals surface area contributed by atoms with E-state index >= 15 is 0 Å². The van der Waals surface area contributed by atoms with Gasteiger partial charge in [-0.05, 0) is 65.1 Å². The van der Waals surface area contributed by atoms with Gasteiger partial charge >= 0.3 is 0 Å². The number of amides is 1. The molecule has 0 fully saturated rings. The van der Waals surface area contributed by atoms with Crippen LogP contribution < -0.4 is 10.1 Å². The Bertz CT molecular complexity index is 696. The summed E-state index contributed by atoms with van der Waals surface area (Å²) in [6.07, 6.45) is 0. The molecule has 6 heteroatoms. The van der Waals surface area contributed by atoms with Crippen LogP contribution >= 0.6 is 22.6 Å². The van der Waals surface area contributed by atoms with Crippen molar-refractivity contribution in [2.45, 2.75) is 0 Å². The van der Waals surface area contributed by atoms with Gasteiger partial charge in [0.15, 0.2) is 6.61 Å². The molecule has 0 aliphatic rings. The number of rotatable bonds is 4. The molecular formula is C15H10FIN2O2. The second-order valence-electron chi connectivity index (χ2n) is 4.10. The highest BCUT2D eigenvalue weighted by molar-refractivity contribution is 14.1. The zero-order valence-electron chi connectivity index (χ0n) is 10.8. The third kappa shape index (κ3) is 4.43. The van der Waals surface area contributed by atoms with Crippen molar-refractivity contribution in [1.29, 1.82) is 5.26 Å². The van der Waals surface area contributed by atoms with Crippen LogP contribution in [0.15, 0.2) is 42.5 Å². The lowest BCUT2D eigenvalue weighted by molar-refractivity contribution is -0.118. The molecule has 2 aromatic carbocycles. The van der Waals surface area contributed by atoms with Crippen LogP contribution in [0.25, 0.3) is 0 Å². The van der Waals surface area contributed by atoms with Crippen molar-refractivity contribution in [1.82, 2.24) is 0 Å². The van der Waals surface area contributed by atoms with E-state index in [4.69, 9.17) is 10.00 Å². The van der Waals surface area contributed by atoms with Gasteiger partial charge in [0.05, 0.1) is 17.3 Å². The van der Waals surface area contributed by atoms with Crippen molar-refractivity contribution in [3.05, 3.63) is 57.4 Å². The summed E-state index contributed by atoms with van der Waals surface area (Å²) in [5, 5.41) is 11.3. The van der Waals surface area contributed by atoms with Gasteiger partial charge in [-0.15, -0.1) is 0 Å². The summed E-state index contributed by atoms with van der Waals surface area (Å²) in [5.74, 6) is -0.201. The Morgan fingerprint density at radius 3 is 2.62 bits per heavy atom. The van der Waals surface area contributed by atoms with Gasteiger partial charge in [-0.1, -0.05) is 0 Å². The lowest BCUT2D eigenvalue weighted by Crippen LogP contribution is -2.20. The minimum Gasteiger partial charge on any atom is -0.484 e. The van der Waals surface area contributed by atoms with Crippen LogP contribution in [0.2, 0.25) is 0 Å². The molecule has 0 aliphatic heterocycles. The lowest BCUT2D eigenvalue weighted by Gasteiger charge is -2.09. The minimum absolute atomic E-state index is 0.167. The predicted octanol–water partition coefficient (Wildman–Crippen LogP) is 3.32. The summed E-state index contributed by atoms with van der Waals surface area (Å²) < 4.78 is 18.9. The molecule has 0 aliphatic carbocycles. The molecule has 0 saturated heterocycles. The molecule has 0 atom stereocenters. The van der Waals surface area contributed by atoms with Gasteiger partial charge in [-0.2, -0.15) is 5.26 Å². The van der Waals surface area contributed by atoms with Crippen LogP contribution in [0.1, 0.15) is 5.56 Å². The zero-order chi connectivity index (χ0) is 15.2. The molecule has 4 nitrogen and oxygen atoms in total. The molecule has 0 heterocycles. The van der Waals surface area contributed by atoms with Crippen molar-refractivity contribution in [2.75, 3.05) is 11.9 Å². The van der Waals surface area contributed by atoms with E-state index in [0.717, 1.165) is 0 Å². The number of nitrogens with one attached hydrogen (secondary N) is 1. The number of hydrogen-bond donors (Lipinski definition) is 1. The molecular weight excluding hydrogens is 386 g/mol. The first kappa shape index (κ1) is 15.3. The normalized spacial score (nSPS) is 9.76. The molecule has 0 aromatic heterocycles. The first-order valence-corrected chi connectivity index (χ1v) is 7.04. The van der Waals surface area contributed by atoms with E-state index in [0.29, 0.717) is 20.6 Å². The maximum atomic E-state index is 13.0. The lowest BCUT2D eigenvalue weighted by atomic mass is 10.2. The van der Waals surface area contributed by atoms with E-state index in [2.05, 4.69) is 5.32 Å². The topological polar surface area (TPSA) is 62.1 Å². The number of carbonyl (C=O) groups is 1. The third-order valence-corrected chi connectivity index (χ3v) is 3.45. The Morgan fingerprint density at radius 2 is 2.00 bits per heavy atom. The summed E-state index contributed by atoms with van der Waals surface area (Å²) in [4.78, 5) is 11.8. The van der Waals surface area contributed by atoms with Crippen molar-refractivity contribution in [3.8, 4) is 11.8 Å². The number of halogens is 2. The van der Waals surface area contributed by atoms with Gasteiger partial charge in [0.2, 0.25) is 0 Å². The average Bonchev–Trinajstić information content (AvgIpc) is 2.48. The molecule has 2 aromatic rings. The summed E-state index contributed by atoms with van der Waals surface area (Å²) in [5.41, 5.74) is 1.05. The fourth-order valence-corrected chi connectivity index (χ4v) is 2.16. The number of ether oxygens (including phenoxy) is 1. The molecule has 0 saturated carbocycles. The van der Waals surface area contributed by atoms with Crippen LogP contribution in [0.4, 0.5) is 10.1 Å². The van der Waals surface area contributed by atoms with Crippen LogP contribution in [0, 0.1) is 20.7 Å². The van der Waals surface area contributed by atoms with Crippen LogP contribution in [-0.2, 0) is 4.79 Å². The minimum atomic E-state index is -0.355. The number of carbonyl (C=O) groups excluding carboxylic acids is 1. The summed E-state index contributed by atoms with van der Waals surface area (Å²) >= 11 is 1.94. The number of benzene rings is 2. The SMILES string of the molecule is N#Cc1ccc(OCC(=O)Nc2ccc(F)cc2I)cc1. The van der Waals surface area contributed by atoms with Gasteiger partial charge in [-0.3, -0.25) is 4.79 Å². The average molecular weight is 396 g/mol.